The highest BCUT2D eigenvalue weighted by molar-refractivity contribution is 5.67. The first-order valence-corrected chi connectivity index (χ1v) is 5.94. The van der Waals surface area contributed by atoms with Crippen molar-refractivity contribution in [2.45, 2.75) is 58.4 Å². The Morgan fingerprint density at radius 2 is 2.20 bits per heavy atom. The molecule has 15 heavy (non-hydrogen) atoms. The zero-order valence-electron chi connectivity index (χ0n) is 9.83. The van der Waals surface area contributed by atoms with Crippen molar-refractivity contribution in [3.8, 4) is 0 Å². The first kappa shape index (κ1) is 12.5. The highest BCUT2D eigenvalue weighted by atomic mass is 16.4. The minimum absolute atomic E-state index is 0.0149. The van der Waals surface area contributed by atoms with E-state index in [1.54, 1.807) is 0 Å². The van der Waals surface area contributed by atoms with Gasteiger partial charge in [-0.05, 0) is 31.1 Å². The third-order valence-corrected chi connectivity index (χ3v) is 3.98. The smallest absolute Gasteiger partial charge is 0.303 e. The molecule has 0 heterocycles. The predicted molar refractivity (Wildman–Crippen MR) is 60.6 cm³/mol. The van der Waals surface area contributed by atoms with Crippen LogP contribution in [0.2, 0.25) is 0 Å². The Balaban J connectivity index is 2.75. The summed E-state index contributed by atoms with van der Waals surface area (Å²) in [4.78, 5) is 10.9. The maximum Gasteiger partial charge on any atom is 0.303 e. The van der Waals surface area contributed by atoms with Crippen LogP contribution in [0.3, 0.4) is 0 Å². The predicted octanol–water partition coefficient (Wildman–Crippen LogP) is 2.39. The van der Waals surface area contributed by atoms with Crippen molar-refractivity contribution in [2.75, 3.05) is 0 Å². The van der Waals surface area contributed by atoms with E-state index >= 15 is 0 Å². The van der Waals surface area contributed by atoms with Gasteiger partial charge in [0.1, 0.15) is 0 Å². The lowest BCUT2D eigenvalue weighted by atomic mass is 9.72. The van der Waals surface area contributed by atoms with Crippen LogP contribution in [0, 0.1) is 11.3 Å². The molecule has 3 unspecified atom stereocenters. The lowest BCUT2D eigenvalue weighted by Crippen LogP contribution is -2.41. The van der Waals surface area contributed by atoms with Crippen molar-refractivity contribution in [1.82, 2.24) is 0 Å². The van der Waals surface area contributed by atoms with Crippen molar-refractivity contribution in [2.24, 2.45) is 17.1 Å². The molecule has 3 nitrogen and oxygen atoms in total. The lowest BCUT2D eigenvalue weighted by molar-refractivity contribution is -0.140. The molecule has 0 bridgehead atoms. The van der Waals surface area contributed by atoms with E-state index in [0.29, 0.717) is 0 Å². The van der Waals surface area contributed by atoms with Crippen LogP contribution in [0.1, 0.15) is 52.4 Å². The van der Waals surface area contributed by atoms with Gasteiger partial charge in [0.15, 0.2) is 0 Å². The molecule has 0 amide bonds. The molecule has 3 heteroatoms. The fourth-order valence-electron chi connectivity index (χ4n) is 2.70. The van der Waals surface area contributed by atoms with Gasteiger partial charge in [0, 0.05) is 6.04 Å². The first-order chi connectivity index (χ1) is 6.96. The average molecular weight is 213 g/mol. The molecule has 0 aromatic heterocycles. The van der Waals surface area contributed by atoms with Gasteiger partial charge in [-0.2, -0.15) is 0 Å². The van der Waals surface area contributed by atoms with Gasteiger partial charge in [-0.3, -0.25) is 4.79 Å². The van der Waals surface area contributed by atoms with Crippen molar-refractivity contribution in [1.29, 1.82) is 0 Å². The molecule has 1 saturated carbocycles. The fourth-order valence-corrected chi connectivity index (χ4v) is 2.70. The molecule has 3 N–H and O–H groups in total. The van der Waals surface area contributed by atoms with Gasteiger partial charge in [0.2, 0.25) is 0 Å². The second kappa shape index (κ2) is 4.97. The Kier molecular flexibility index (Phi) is 4.14. The normalized spacial score (nSPS) is 34.5. The Labute approximate surface area is 92.0 Å². The van der Waals surface area contributed by atoms with Crippen LogP contribution in [0.4, 0.5) is 0 Å². The molecule has 3 atom stereocenters. The van der Waals surface area contributed by atoms with Crippen LogP contribution in [0.15, 0.2) is 0 Å². The molecule has 0 radical (unpaired) electrons. The number of hydrogen-bond donors (Lipinski definition) is 2. The molecule has 0 aromatic carbocycles. The largest absolute Gasteiger partial charge is 0.481 e. The number of nitrogens with two attached hydrogens (primary N) is 1. The highest BCUT2D eigenvalue weighted by Crippen LogP contribution is 2.41. The van der Waals surface area contributed by atoms with Crippen LogP contribution in [0.5, 0.6) is 0 Å². The minimum atomic E-state index is -0.707. The molecule has 88 valence electrons. The second-order valence-corrected chi connectivity index (χ2v) is 5.26. The van der Waals surface area contributed by atoms with Crippen LogP contribution in [-0.4, -0.2) is 17.1 Å². The molecule has 0 spiro atoms. The Morgan fingerprint density at radius 1 is 1.53 bits per heavy atom. The summed E-state index contributed by atoms with van der Waals surface area (Å²) in [5, 5.41) is 8.98. The summed E-state index contributed by atoms with van der Waals surface area (Å²) in [6, 6.07) is -0.0149. The van der Waals surface area contributed by atoms with Gasteiger partial charge in [-0.1, -0.05) is 26.2 Å². The van der Waals surface area contributed by atoms with E-state index in [2.05, 4.69) is 6.92 Å². The molecule has 0 aliphatic heterocycles. The molecule has 1 fully saturated rings. The van der Waals surface area contributed by atoms with E-state index in [1.165, 1.54) is 6.42 Å². The molecule has 1 rings (SSSR count). The van der Waals surface area contributed by atoms with Crippen molar-refractivity contribution in [3.63, 3.8) is 0 Å². The zero-order valence-corrected chi connectivity index (χ0v) is 9.83. The van der Waals surface area contributed by atoms with E-state index in [0.717, 1.165) is 31.6 Å². The Hall–Kier alpha value is -0.570. The van der Waals surface area contributed by atoms with E-state index in [4.69, 9.17) is 10.8 Å². The van der Waals surface area contributed by atoms with E-state index in [9.17, 15) is 4.79 Å². The summed E-state index contributed by atoms with van der Waals surface area (Å²) in [6.45, 7) is 4.21. The first-order valence-electron chi connectivity index (χ1n) is 5.94. The fraction of sp³-hybridized carbons (Fsp3) is 0.917. The van der Waals surface area contributed by atoms with Crippen molar-refractivity contribution < 1.29 is 9.90 Å². The van der Waals surface area contributed by atoms with Crippen LogP contribution < -0.4 is 5.73 Å². The average Bonchev–Trinajstić information content (AvgIpc) is 2.28. The third-order valence-electron chi connectivity index (χ3n) is 3.98. The van der Waals surface area contributed by atoms with Gasteiger partial charge in [0.05, 0.1) is 6.42 Å². The maximum absolute atomic E-state index is 10.9. The molecular formula is C12H23NO2. The van der Waals surface area contributed by atoms with Crippen molar-refractivity contribution >= 4 is 5.97 Å². The third kappa shape index (κ3) is 3.20. The Morgan fingerprint density at radius 3 is 2.73 bits per heavy atom. The maximum atomic E-state index is 10.9. The van der Waals surface area contributed by atoms with Gasteiger partial charge in [-0.15, -0.1) is 0 Å². The van der Waals surface area contributed by atoms with Crippen molar-refractivity contribution in [3.05, 3.63) is 0 Å². The number of carboxylic acids is 1. The standard InChI is InChI=1S/C12H23NO2/c1-9-4-3-6-12(7-5-9,10(2)13)8-11(14)15/h9-10H,3-8,13H2,1-2H3,(H,14,15). The van der Waals surface area contributed by atoms with E-state index in [1.807, 2.05) is 6.92 Å². The van der Waals surface area contributed by atoms with Crippen LogP contribution in [0.25, 0.3) is 0 Å². The summed E-state index contributed by atoms with van der Waals surface area (Å²) in [7, 11) is 0. The summed E-state index contributed by atoms with van der Waals surface area (Å²) in [5.41, 5.74) is 5.85. The number of aliphatic carboxylic acids is 1. The number of hydrogen-bond acceptors (Lipinski definition) is 2. The molecule has 1 aliphatic rings. The molecular weight excluding hydrogens is 190 g/mol. The topological polar surface area (TPSA) is 63.3 Å². The van der Waals surface area contributed by atoms with E-state index < -0.39 is 5.97 Å². The van der Waals surface area contributed by atoms with Crippen LogP contribution >= 0.6 is 0 Å². The molecule has 0 aromatic rings. The summed E-state index contributed by atoms with van der Waals surface area (Å²) >= 11 is 0. The van der Waals surface area contributed by atoms with Gasteiger partial charge in [-0.25, -0.2) is 0 Å². The SMILES string of the molecule is CC1CCCC(CC(=O)O)(C(C)N)CC1. The zero-order chi connectivity index (χ0) is 11.5. The number of carbonyl (C=O) groups is 1. The highest BCUT2D eigenvalue weighted by Gasteiger charge is 2.37. The van der Waals surface area contributed by atoms with Gasteiger partial charge >= 0.3 is 5.97 Å². The molecule has 0 saturated heterocycles. The monoisotopic (exact) mass is 213 g/mol. The van der Waals surface area contributed by atoms with Gasteiger partial charge < -0.3 is 10.8 Å². The minimum Gasteiger partial charge on any atom is -0.481 e. The van der Waals surface area contributed by atoms with E-state index in [-0.39, 0.29) is 17.9 Å². The summed E-state index contributed by atoms with van der Waals surface area (Å²) in [5.74, 6) is 0.0151. The lowest BCUT2D eigenvalue weighted by Gasteiger charge is -2.35. The second-order valence-electron chi connectivity index (χ2n) is 5.26. The summed E-state index contributed by atoms with van der Waals surface area (Å²) in [6.07, 6.45) is 5.63. The quantitative estimate of drug-likeness (QED) is 0.707. The number of carboxylic acid groups (broad SMARTS) is 1. The molecule has 1 aliphatic carbocycles. The van der Waals surface area contributed by atoms with Gasteiger partial charge in [0.25, 0.3) is 0 Å². The summed E-state index contributed by atoms with van der Waals surface area (Å²) < 4.78 is 0. The Bertz CT molecular complexity index is 228. The van der Waals surface area contributed by atoms with Crippen LogP contribution in [-0.2, 0) is 4.79 Å². The number of rotatable bonds is 3.